The van der Waals surface area contributed by atoms with E-state index < -0.39 is 6.04 Å². The van der Waals surface area contributed by atoms with E-state index in [1.54, 1.807) is 11.3 Å². The number of hydrogen-bond acceptors (Lipinski definition) is 3. The molecule has 0 fully saturated rings. The molecule has 0 saturated heterocycles. The van der Waals surface area contributed by atoms with Crippen molar-refractivity contribution < 1.29 is 4.79 Å². The number of aryl methyl sites for hydroxylation is 1. The van der Waals surface area contributed by atoms with E-state index in [2.05, 4.69) is 16.8 Å². The van der Waals surface area contributed by atoms with Crippen LogP contribution in [0.5, 0.6) is 0 Å². The van der Waals surface area contributed by atoms with Crippen molar-refractivity contribution in [3.05, 3.63) is 21.9 Å². The molecule has 0 aromatic carbocycles. The quantitative estimate of drug-likeness (QED) is 0.898. The van der Waals surface area contributed by atoms with E-state index in [0.717, 1.165) is 19.3 Å². The fourth-order valence-electron chi connectivity index (χ4n) is 2.21. The Balaban J connectivity index is 0.00000162. The Labute approximate surface area is 119 Å². The first-order valence-corrected chi connectivity index (χ1v) is 7.09. The molecule has 1 aliphatic carbocycles. The molecule has 3 N–H and O–H groups in total. The molecule has 1 unspecified atom stereocenters. The lowest BCUT2D eigenvalue weighted by molar-refractivity contribution is -0.124. The summed E-state index contributed by atoms with van der Waals surface area (Å²) in [5.41, 5.74) is 7.16. The molecular weight excluding hydrogens is 268 g/mol. The smallest absolute Gasteiger partial charge is 0.237 e. The van der Waals surface area contributed by atoms with Crippen molar-refractivity contribution in [2.75, 3.05) is 0 Å². The van der Waals surface area contributed by atoms with Crippen molar-refractivity contribution in [2.24, 2.45) is 11.7 Å². The number of carbonyl (C=O) groups excluding carboxylic acids is 1. The Morgan fingerprint density at radius 1 is 1.56 bits per heavy atom. The van der Waals surface area contributed by atoms with Gasteiger partial charge in [0.05, 0.1) is 12.1 Å². The number of thiophene rings is 1. The lowest BCUT2D eigenvalue weighted by Crippen LogP contribution is -2.45. The van der Waals surface area contributed by atoms with Crippen molar-refractivity contribution in [3.63, 3.8) is 0 Å². The lowest BCUT2D eigenvalue weighted by Gasteiger charge is -2.26. The maximum atomic E-state index is 12.0. The summed E-state index contributed by atoms with van der Waals surface area (Å²) in [4.78, 5) is 13.4. The van der Waals surface area contributed by atoms with E-state index in [-0.39, 0.29) is 30.3 Å². The highest BCUT2D eigenvalue weighted by Gasteiger charge is 2.25. The Morgan fingerprint density at radius 2 is 2.28 bits per heavy atom. The fourth-order valence-corrected chi connectivity index (χ4v) is 3.19. The molecule has 1 aliphatic rings. The third-order valence-electron chi connectivity index (χ3n) is 3.39. The van der Waals surface area contributed by atoms with E-state index >= 15 is 0 Å². The lowest BCUT2D eigenvalue weighted by atomic mass is 9.93. The fraction of sp³-hybridized carbons (Fsp3) is 0.615. The number of nitrogens with two attached hydrogens (primary N) is 1. The third kappa shape index (κ3) is 3.25. The second-order valence-electron chi connectivity index (χ2n) is 5.02. The Morgan fingerprint density at radius 3 is 2.94 bits per heavy atom. The maximum absolute atomic E-state index is 12.0. The van der Waals surface area contributed by atoms with Gasteiger partial charge >= 0.3 is 0 Å². The topological polar surface area (TPSA) is 55.1 Å². The van der Waals surface area contributed by atoms with E-state index in [1.807, 2.05) is 13.8 Å². The van der Waals surface area contributed by atoms with Crippen LogP contribution in [0.3, 0.4) is 0 Å². The van der Waals surface area contributed by atoms with Crippen LogP contribution in [0.4, 0.5) is 0 Å². The van der Waals surface area contributed by atoms with Gasteiger partial charge in [-0.05, 0) is 42.2 Å². The standard InChI is InChI=1S/C13H20N2OS.ClH/c1-8(2)12(14)13(16)15-10-4-3-5-11-9(10)6-7-17-11;/h6-8,10,12H,3-5,14H2,1-2H3,(H,15,16);1H/t10?,12-;/m0./s1. The zero-order valence-electron chi connectivity index (χ0n) is 10.8. The summed E-state index contributed by atoms with van der Waals surface area (Å²) in [5.74, 6) is 0.157. The molecule has 2 atom stereocenters. The number of amides is 1. The summed E-state index contributed by atoms with van der Waals surface area (Å²) in [7, 11) is 0. The highest BCUT2D eigenvalue weighted by Crippen LogP contribution is 2.33. The molecule has 1 aromatic rings. The maximum Gasteiger partial charge on any atom is 0.237 e. The number of halogens is 1. The minimum Gasteiger partial charge on any atom is -0.348 e. The first-order chi connectivity index (χ1) is 8.09. The first kappa shape index (κ1) is 15.5. The van der Waals surface area contributed by atoms with Gasteiger partial charge in [-0.15, -0.1) is 23.7 Å². The minimum atomic E-state index is -0.404. The van der Waals surface area contributed by atoms with E-state index in [9.17, 15) is 4.79 Å². The molecule has 1 heterocycles. The van der Waals surface area contributed by atoms with Crippen molar-refractivity contribution in [3.8, 4) is 0 Å². The number of nitrogens with one attached hydrogen (secondary N) is 1. The summed E-state index contributed by atoms with van der Waals surface area (Å²) >= 11 is 1.79. The van der Waals surface area contributed by atoms with Crippen molar-refractivity contribution in [1.29, 1.82) is 0 Å². The largest absolute Gasteiger partial charge is 0.348 e. The summed E-state index contributed by atoms with van der Waals surface area (Å²) < 4.78 is 0. The summed E-state index contributed by atoms with van der Waals surface area (Å²) in [5, 5.41) is 5.19. The number of fused-ring (bicyclic) bond motifs is 1. The Kier molecular flexibility index (Phi) is 5.63. The van der Waals surface area contributed by atoms with E-state index in [1.165, 1.54) is 10.4 Å². The molecule has 0 aliphatic heterocycles. The van der Waals surface area contributed by atoms with Gasteiger partial charge in [-0.2, -0.15) is 0 Å². The molecule has 1 aromatic heterocycles. The molecule has 102 valence electrons. The number of rotatable bonds is 3. The van der Waals surface area contributed by atoms with Crippen LogP contribution in [-0.2, 0) is 11.2 Å². The highest BCUT2D eigenvalue weighted by molar-refractivity contribution is 7.10. The van der Waals surface area contributed by atoms with Crippen LogP contribution in [0.25, 0.3) is 0 Å². The van der Waals surface area contributed by atoms with Crippen LogP contribution in [-0.4, -0.2) is 11.9 Å². The van der Waals surface area contributed by atoms with Crippen LogP contribution in [0.2, 0.25) is 0 Å². The van der Waals surface area contributed by atoms with Gasteiger partial charge in [0.2, 0.25) is 5.91 Å². The normalized spacial score (nSPS) is 19.9. The molecule has 2 rings (SSSR count). The molecule has 1 amide bonds. The van der Waals surface area contributed by atoms with E-state index in [4.69, 9.17) is 5.73 Å². The van der Waals surface area contributed by atoms with Gasteiger partial charge in [-0.25, -0.2) is 0 Å². The monoisotopic (exact) mass is 288 g/mol. The zero-order chi connectivity index (χ0) is 12.4. The molecular formula is C13H21ClN2OS. The Hall–Kier alpha value is -0.580. The molecule has 18 heavy (non-hydrogen) atoms. The van der Waals surface area contributed by atoms with Gasteiger partial charge in [0.1, 0.15) is 0 Å². The number of carbonyl (C=O) groups is 1. The molecule has 3 nitrogen and oxygen atoms in total. The first-order valence-electron chi connectivity index (χ1n) is 6.22. The van der Waals surface area contributed by atoms with Gasteiger partial charge in [0.25, 0.3) is 0 Å². The average Bonchev–Trinajstić information content (AvgIpc) is 2.76. The summed E-state index contributed by atoms with van der Waals surface area (Å²) in [6, 6.07) is 1.90. The highest BCUT2D eigenvalue weighted by atomic mass is 35.5. The van der Waals surface area contributed by atoms with Gasteiger partial charge in [0.15, 0.2) is 0 Å². The van der Waals surface area contributed by atoms with Crippen molar-refractivity contribution in [1.82, 2.24) is 5.32 Å². The van der Waals surface area contributed by atoms with Crippen LogP contribution in [0.15, 0.2) is 11.4 Å². The van der Waals surface area contributed by atoms with Gasteiger partial charge in [-0.3, -0.25) is 4.79 Å². The minimum absolute atomic E-state index is 0. The van der Waals surface area contributed by atoms with Crippen LogP contribution < -0.4 is 11.1 Å². The second kappa shape index (κ2) is 6.55. The predicted octanol–water partition coefficient (Wildman–Crippen LogP) is 2.65. The van der Waals surface area contributed by atoms with Gasteiger partial charge in [-0.1, -0.05) is 13.8 Å². The third-order valence-corrected chi connectivity index (χ3v) is 4.39. The molecule has 5 heteroatoms. The molecule has 0 radical (unpaired) electrons. The predicted molar refractivity (Wildman–Crippen MR) is 78.2 cm³/mol. The number of hydrogen-bond donors (Lipinski definition) is 2. The van der Waals surface area contributed by atoms with Crippen molar-refractivity contribution >= 4 is 29.7 Å². The molecule has 0 spiro atoms. The molecule has 0 saturated carbocycles. The average molecular weight is 289 g/mol. The SMILES string of the molecule is CC(C)[C@H](N)C(=O)NC1CCCc2sccc21.Cl. The van der Waals surface area contributed by atoms with Crippen molar-refractivity contribution in [2.45, 2.75) is 45.2 Å². The Bertz CT molecular complexity index is 405. The van der Waals surface area contributed by atoms with Gasteiger partial charge < -0.3 is 11.1 Å². The van der Waals surface area contributed by atoms with Crippen LogP contribution in [0, 0.1) is 5.92 Å². The summed E-state index contributed by atoms with van der Waals surface area (Å²) in [6.45, 7) is 3.95. The van der Waals surface area contributed by atoms with Gasteiger partial charge in [0, 0.05) is 4.88 Å². The second-order valence-corrected chi connectivity index (χ2v) is 6.02. The van der Waals surface area contributed by atoms with Crippen LogP contribution >= 0.6 is 23.7 Å². The van der Waals surface area contributed by atoms with E-state index in [0.29, 0.717) is 0 Å². The molecule has 0 bridgehead atoms. The zero-order valence-corrected chi connectivity index (χ0v) is 12.4. The summed E-state index contributed by atoms with van der Waals surface area (Å²) in [6.07, 6.45) is 3.32. The van der Waals surface area contributed by atoms with Crippen LogP contribution in [0.1, 0.15) is 43.2 Å².